The molecule has 0 aliphatic heterocycles. The van der Waals surface area contributed by atoms with Gasteiger partial charge >= 0.3 is 0 Å². The first-order valence-electron chi connectivity index (χ1n) is 7.97. The van der Waals surface area contributed by atoms with E-state index in [1.54, 1.807) is 0 Å². The average Bonchev–Trinajstić information content (AvgIpc) is 2.53. The van der Waals surface area contributed by atoms with Crippen molar-refractivity contribution in [3.05, 3.63) is 100 Å². The first-order valence-corrected chi connectivity index (χ1v) is 7.97. The van der Waals surface area contributed by atoms with Crippen molar-refractivity contribution in [1.29, 1.82) is 0 Å². The van der Waals surface area contributed by atoms with E-state index in [9.17, 15) is 5.11 Å². The zero-order valence-electron chi connectivity index (χ0n) is 13.9. The Morgan fingerprint density at radius 1 is 0.609 bits per heavy atom. The summed E-state index contributed by atoms with van der Waals surface area (Å²) in [6, 6.07) is 23.0. The minimum Gasteiger partial charge on any atom is -0.508 e. The summed E-state index contributed by atoms with van der Waals surface area (Å²) in [5, 5.41) is 10.5. The zero-order valence-corrected chi connectivity index (χ0v) is 13.9. The lowest BCUT2D eigenvalue weighted by atomic mass is 9.84. The van der Waals surface area contributed by atoms with E-state index >= 15 is 0 Å². The Balaban J connectivity index is 2.16. The van der Waals surface area contributed by atoms with Crippen molar-refractivity contribution in [2.45, 2.75) is 26.7 Å². The number of benzene rings is 3. The third-order valence-electron chi connectivity index (χ3n) is 4.32. The van der Waals surface area contributed by atoms with E-state index in [0.717, 1.165) is 11.1 Å². The van der Waals surface area contributed by atoms with Crippen LogP contribution in [-0.2, 0) is 0 Å². The van der Waals surface area contributed by atoms with Crippen LogP contribution < -0.4 is 0 Å². The Bertz CT molecular complexity index is 753. The summed E-state index contributed by atoms with van der Waals surface area (Å²) in [4.78, 5) is 0. The number of hydrogen-bond acceptors (Lipinski definition) is 1. The predicted molar refractivity (Wildman–Crippen MR) is 96.1 cm³/mol. The van der Waals surface area contributed by atoms with E-state index in [1.807, 2.05) is 19.1 Å². The van der Waals surface area contributed by atoms with Gasteiger partial charge in [0.1, 0.15) is 5.75 Å². The molecule has 3 rings (SSSR count). The normalized spacial score (nSPS) is 11.0. The van der Waals surface area contributed by atoms with Gasteiger partial charge in [-0.1, -0.05) is 71.8 Å². The lowest BCUT2D eigenvalue weighted by Crippen LogP contribution is -2.04. The second kappa shape index (κ2) is 6.29. The fraction of sp³-hybridized carbons (Fsp3) is 0.182. The van der Waals surface area contributed by atoms with Gasteiger partial charge in [-0.2, -0.15) is 0 Å². The summed E-state index contributed by atoms with van der Waals surface area (Å²) in [7, 11) is 0. The molecular formula is C22H22O. The van der Waals surface area contributed by atoms with Gasteiger partial charge in [0.15, 0.2) is 0 Å². The number of phenols is 1. The van der Waals surface area contributed by atoms with Gasteiger partial charge in [-0.05, 0) is 43.5 Å². The largest absolute Gasteiger partial charge is 0.508 e. The molecule has 0 fully saturated rings. The van der Waals surface area contributed by atoms with Gasteiger partial charge in [0.05, 0.1) is 0 Å². The van der Waals surface area contributed by atoms with E-state index in [1.165, 1.54) is 22.3 Å². The molecule has 0 spiro atoms. The molecule has 0 aromatic heterocycles. The standard InChI is InChI=1S/C22H22O/c1-15-4-9-18(10-5-15)22(19-11-6-16(2)7-12-19)20-13-8-17(3)14-21(20)23/h4-14,22-23H,1-3H3. The summed E-state index contributed by atoms with van der Waals surface area (Å²) in [6.45, 7) is 6.18. The zero-order chi connectivity index (χ0) is 16.4. The number of phenolic OH excluding ortho intramolecular Hbond substituents is 1. The lowest BCUT2D eigenvalue weighted by Gasteiger charge is -2.20. The molecule has 0 saturated heterocycles. The van der Waals surface area contributed by atoms with Crippen LogP contribution in [0.2, 0.25) is 0 Å². The van der Waals surface area contributed by atoms with Gasteiger partial charge in [0.25, 0.3) is 0 Å². The van der Waals surface area contributed by atoms with Crippen LogP contribution in [0.25, 0.3) is 0 Å². The number of hydrogen-bond donors (Lipinski definition) is 1. The van der Waals surface area contributed by atoms with E-state index in [0.29, 0.717) is 5.75 Å². The fourth-order valence-corrected chi connectivity index (χ4v) is 2.97. The molecule has 0 atom stereocenters. The first-order chi connectivity index (χ1) is 11.0. The quantitative estimate of drug-likeness (QED) is 0.634. The molecule has 23 heavy (non-hydrogen) atoms. The Hall–Kier alpha value is -2.54. The van der Waals surface area contributed by atoms with Crippen molar-refractivity contribution < 1.29 is 5.11 Å². The van der Waals surface area contributed by atoms with Crippen LogP contribution in [-0.4, -0.2) is 5.11 Å². The van der Waals surface area contributed by atoms with Crippen LogP contribution in [0.15, 0.2) is 66.7 Å². The maximum atomic E-state index is 10.5. The lowest BCUT2D eigenvalue weighted by molar-refractivity contribution is 0.466. The second-order valence-corrected chi connectivity index (χ2v) is 6.32. The Morgan fingerprint density at radius 3 is 1.48 bits per heavy atom. The minimum atomic E-state index is 0.0387. The topological polar surface area (TPSA) is 20.2 Å². The van der Waals surface area contributed by atoms with E-state index in [4.69, 9.17) is 0 Å². The van der Waals surface area contributed by atoms with Crippen LogP contribution in [0.4, 0.5) is 0 Å². The van der Waals surface area contributed by atoms with E-state index < -0.39 is 0 Å². The number of rotatable bonds is 3. The molecule has 3 aromatic carbocycles. The minimum absolute atomic E-state index is 0.0387. The maximum Gasteiger partial charge on any atom is 0.119 e. The monoisotopic (exact) mass is 302 g/mol. The van der Waals surface area contributed by atoms with Crippen LogP contribution in [0, 0.1) is 20.8 Å². The van der Waals surface area contributed by atoms with Crippen molar-refractivity contribution in [2.75, 3.05) is 0 Å². The Morgan fingerprint density at radius 2 is 1.04 bits per heavy atom. The molecule has 0 unspecified atom stereocenters. The average molecular weight is 302 g/mol. The fourth-order valence-electron chi connectivity index (χ4n) is 2.97. The molecule has 0 bridgehead atoms. The number of aryl methyl sites for hydroxylation is 3. The third kappa shape index (κ3) is 3.29. The van der Waals surface area contributed by atoms with Crippen molar-refractivity contribution in [1.82, 2.24) is 0 Å². The number of aromatic hydroxyl groups is 1. The summed E-state index contributed by atoms with van der Waals surface area (Å²) >= 11 is 0. The van der Waals surface area contributed by atoms with Crippen molar-refractivity contribution in [2.24, 2.45) is 0 Å². The summed E-state index contributed by atoms with van der Waals surface area (Å²) in [6.07, 6.45) is 0. The van der Waals surface area contributed by atoms with Gasteiger partial charge in [0, 0.05) is 11.5 Å². The molecule has 3 aromatic rings. The summed E-state index contributed by atoms with van der Waals surface area (Å²) < 4.78 is 0. The Kier molecular flexibility index (Phi) is 4.20. The SMILES string of the molecule is Cc1ccc(C(c2ccc(C)cc2)c2ccc(C)cc2O)cc1. The van der Waals surface area contributed by atoms with Crippen molar-refractivity contribution in [3.63, 3.8) is 0 Å². The van der Waals surface area contributed by atoms with Gasteiger partial charge < -0.3 is 5.11 Å². The summed E-state index contributed by atoms with van der Waals surface area (Å²) in [5.74, 6) is 0.396. The highest BCUT2D eigenvalue weighted by atomic mass is 16.3. The van der Waals surface area contributed by atoms with Crippen LogP contribution in [0.5, 0.6) is 5.75 Å². The van der Waals surface area contributed by atoms with Crippen molar-refractivity contribution >= 4 is 0 Å². The molecule has 1 nitrogen and oxygen atoms in total. The van der Waals surface area contributed by atoms with Gasteiger partial charge in [-0.15, -0.1) is 0 Å². The summed E-state index contributed by atoms with van der Waals surface area (Å²) in [5.41, 5.74) is 6.88. The van der Waals surface area contributed by atoms with Crippen molar-refractivity contribution in [3.8, 4) is 5.75 Å². The molecule has 0 aliphatic carbocycles. The van der Waals surface area contributed by atoms with E-state index in [-0.39, 0.29) is 5.92 Å². The molecule has 0 heterocycles. The molecule has 1 heteroatoms. The van der Waals surface area contributed by atoms with Gasteiger partial charge in [0.2, 0.25) is 0 Å². The maximum absolute atomic E-state index is 10.5. The van der Waals surface area contributed by atoms with Crippen LogP contribution in [0.3, 0.4) is 0 Å². The van der Waals surface area contributed by atoms with Crippen LogP contribution >= 0.6 is 0 Å². The highest BCUT2D eigenvalue weighted by Gasteiger charge is 2.19. The van der Waals surface area contributed by atoms with E-state index in [2.05, 4.69) is 68.4 Å². The first kappa shape index (κ1) is 15.4. The molecule has 116 valence electrons. The third-order valence-corrected chi connectivity index (χ3v) is 4.32. The highest BCUT2D eigenvalue weighted by Crippen LogP contribution is 2.37. The molecule has 0 amide bonds. The predicted octanol–water partition coefficient (Wildman–Crippen LogP) is 5.50. The molecule has 0 saturated carbocycles. The Labute approximate surface area is 138 Å². The smallest absolute Gasteiger partial charge is 0.119 e. The van der Waals surface area contributed by atoms with Crippen LogP contribution in [0.1, 0.15) is 39.3 Å². The molecule has 0 radical (unpaired) electrons. The van der Waals surface area contributed by atoms with Gasteiger partial charge in [-0.3, -0.25) is 0 Å². The van der Waals surface area contributed by atoms with Gasteiger partial charge in [-0.25, -0.2) is 0 Å². The molecular weight excluding hydrogens is 280 g/mol. The highest BCUT2D eigenvalue weighted by molar-refractivity contribution is 5.50. The second-order valence-electron chi connectivity index (χ2n) is 6.32. The molecule has 0 aliphatic rings. The molecule has 1 N–H and O–H groups in total.